The summed E-state index contributed by atoms with van der Waals surface area (Å²) in [6, 6.07) is 0. The van der Waals surface area contributed by atoms with Crippen LogP contribution in [0.15, 0.2) is 0 Å². The van der Waals surface area contributed by atoms with E-state index in [9.17, 15) is 4.79 Å². The molecule has 2 aliphatic rings. The third-order valence-electron chi connectivity index (χ3n) is 3.31. The van der Waals surface area contributed by atoms with Gasteiger partial charge >= 0.3 is 0 Å². The lowest BCUT2D eigenvalue weighted by Gasteiger charge is -2.10. The lowest BCUT2D eigenvalue weighted by molar-refractivity contribution is -0.112. The maximum Gasteiger partial charge on any atom is 0.123 e. The molecular weight excluding hydrogens is 124 g/mol. The molecule has 0 bridgehead atoms. The summed E-state index contributed by atoms with van der Waals surface area (Å²) in [5, 5.41) is 0. The molecule has 0 amide bonds. The molecule has 0 radical (unpaired) electrons. The van der Waals surface area contributed by atoms with E-state index >= 15 is 0 Å². The fraction of sp³-hybridized carbons (Fsp3) is 0.889. The topological polar surface area (TPSA) is 17.1 Å². The lowest BCUT2D eigenvalue weighted by Crippen LogP contribution is -2.09. The predicted octanol–water partition coefficient (Wildman–Crippen LogP) is 2.01. The van der Waals surface area contributed by atoms with Crippen molar-refractivity contribution in [2.75, 3.05) is 0 Å². The van der Waals surface area contributed by atoms with Crippen molar-refractivity contribution in [2.45, 2.75) is 32.1 Å². The van der Waals surface area contributed by atoms with Crippen molar-refractivity contribution in [2.24, 2.45) is 17.8 Å². The average Bonchev–Trinajstić information content (AvgIpc) is 2.44. The number of carbonyl (C=O) groups is 1. The quantitative estimate of drug-likeness (QED) is 0.506. The van der Waals surface area contributed by atoms with Gasteiger partial charge in [-0.1, -0.05) is 12.8 Å². The molecule has 0 saturated heterocycles. The monoisotopic (exact) mass is 138 g/mol. The summed E-state index contributed by atoms with van der Waals surface area (Å²) in [4.78, 5) is 10.5. The first-order valence-electron chi connectivity index (χ1n) is 4.37. The molecule has 1 nitrogen and oxygen atoms in total. The maximum absolute atomic E-state index is 10.5. The van der Waals surface area contributed by atoms with E-state index in [0.717, 1.165) is 11.8 Å². The Balaban J connectivity index is 2.07. The molecular formula is C9H14O. The molecule has 10 heavy (non-hydrogen) atoms. The molecule has 1 unspecified atom stereocenters. The Morgan fingerprint density at radius 3 is 2.80 bits per heavy atom. The molecule has 0 spiro atoms. The van der Waals surface area contributed by atoms with E-state index in [0.29, 0.717) is 5.92 Å². The van der Waals surface area contributed by atoms with E-state index in [4.69, 9.17) is 0 Å². The van der Waals surface area contributed by atoms with E-state index in [1.54, 1.807) is 0 Å². The highest BCUT2D eigenvalue weighted by atomic mass is 16.1. The number of fused-ring (bicyclic) bond motifs is 1. The molecule has 2 rings (SSSR count). The summed E-state index contributed by atoms with van der Waals surface area (Å²) in [6.45, 7) is 0. The van der Waals surface area contributed by atoms with Gasteiger partial charge in [0.15, 0.2) is 0 Å². The Morgan fingerprint density at radius 2 is 2.00 bits per heavy atom. The first-order chi connectivity index (χ1) is 4.92. The van der Waals surface area contributed by atoms with Crippen molar-refractivity contribution < 1.29 is 4.79 Å². The SMILES string of the molecule is O=CC1CC[C@H]2CCC[C@@H]12. The van der Waals surface area contributed by atoms with Crippen LogP contribution in [0.2, 0.25) is 0 Å². The molecule has 0 aliphatic heterocycles. The zero-order chi connectivity index (χ0) is 6.97. The van der Waals surface area contributed by atoms with Gasteiger partial charge in [0, 0.05) is 5.92 Å². The predicted molar refractivity (Wildman–Crippen MR) is 39.6 cm³/mol. The normalized spacial score (nSPS) is 45.4. The summed E-state index contributed by atoms with van der Waals surface area (Å²) in [7, 11) is 0. The highest BCUT2D eigenvalue weighted by Gasteiger charge is 2.38. The smallest absolute Gasteiger partial charge is 0.123 e. The van der Waals surface area contributed by atoms with Crippen LogP contribution in [0.5, 0.6) is 0 Å². The minimum Gasteiger partial charge on any atom is -0.303 e. The molecule has 3 atom stereocenters. The first kappa shape index (κ1) is 6.38. The molecule has 2 aliphatic carbocycles. The minimum atomic E-state index is 0.438. The van der Waals surface area contributed by atoms with Crippen LogP contribution in [0.25, 0.3) is 0 Å². The van der Waals surface area contributed by atoms with Gasteiger partial charge in [0.2, 0.25) is 0 Å². The number of rotatable bonds is 1. The fourth-order valence-electron chi connectivity index (χ4n) is 2.78. The molecule has 0 N–H and O–H groups in total. The summed E-state index contributed by atoms with van der Waals surface area (Å²) in [5.41, 5.74) is 0. The van der Waals surface area contributed by atoms with Gasteiger partial charge in [0.25, 0.3) is 0 Å². The van der Waals surface area contributed by atoms with Crippen LogP contribution in [0.3, 0.4) is 0 Å². The van der Waals surface area contributed by atoms with Crippen molar-refractivity contribution in [1.82, 2.24) is 0 Å². The molecule has 0 heterocycles. The van der Waals surface area contributed by atoms with Gasteiger partial charge in [-0.05, 0) is 31.1 Å². The zero-order valence-electron chi connectivity index (χ0n) is 6.25. The molecule has 0 aromatic carbocycles. The van der Waals surface area contributed by atoms with Crippen LogP contribution >= 0.6 is 0 Å². The van der Waals surface area contributed by atoms with Crippen molar-refractivity contribution in [3.63, 3.8) is 0 Å². The largest absolute Gasteiger partial charge is 0.303 e. The summed E-state index contributed by atoms with van der Waals surface area (Å²) < 4.78 is 0. The zero-order valence-corrected chi connectivity index (χ0v) is 6.25. The highest BCUT2D eigenvalue weighted by molar-refractivity contribution is 5.54. The second-order valence-corrected chi connectivity index (χ2v) is 3.73. The van der Waals surface area contributed by atoms with E-state index in [1.807, 2.05) is 0 Å². The van der Waals surface area contributed by atoms with Gasteiger partial charge in [-0.2, -0.15) is 0 Å². The minimum absolute atomic E-state index is 0.438. The first-order valence-corrected chi connectivity index (χ1v) is 4.37. The number of hydrogen-bond acceptors (Lipinski definition) is 1. The Kier molecular flexibility index (Phi) is 1.51. The Bertz CT molecular complexity index is 142. The highest BCUT2D eigenvalue weighted by Crippen LogP contribution is 2.46. The van der Waals surface area contributed by atoms with Crippen molar-refractivity contribution in [3.05, 3.63) is 0 Å². The van der Waals surface area contributed by atoms with Crippen LogP contribution in [0, 0.1) is 17.8 Å². The van der Waals surface area contributed by atoms with E-state index in [1.165, 1.54) is 38.4 Å². The van der Waals surface area contributed by atoms with E-state index < -0.39 is 0 Å². The van der Waals surface area contributed by atoms with Crippen molar-refractivity contribution >= 4 is 6.29 Å². The molecule has 1 heteroatoms. The van der Waals surface area contributed by atoms with Crippen LogP contribution in [-0.2, 0) is 4.79 Å². The number of carbonyl (C=O) groups excluding carboxylic acids is 1. The Morgan fingerprint density at radius 1 is 1.10 bits per heavy atom. The third-order valence-corrected chi connectivity index (χ3v) is 3.31. The van der Waals surface area contributed by atoms with Gasteiger partial charge in [-0.15, -0.1) is 0 Å². The van der Waals surface area contributed by atoms with Crippen LogP contribution in [0.1, 0.15) is 32.1 Å². The Hall–Kier alpha value is -0.330. The summed E-state index contributed by atoms with van der Waals surface area (Å²) in [5.74, 6) is 2.15. The van der Waals surface area contributed by atoms with Crippen LogP contribution < -0.4 is 0 Å². The Labute approximate surface area is 61.8 Å². The van der Waals surface area contributed by atoms with Gasteiger partial charge in [0.05, 0.1) is 0 Å². The van der Waals surface area contributed by atoms with E-state index in [2.05, 4.69) is 0 Å². The second kappa shape index (κ2) is 2.37. The molecule has 2 saturated carbocycles. The third kappa shape index (κ3) is 0.799. The van der Waals surface area contributed by atoms with Crippen molar-refractivity contribution in [1.29, 1.82) is 0 Å². The van der Waals surface area contributed by atoms with Gasteiger partial charge in [-0.3, -0.25) is 0 Å². The van der Waals surface area contributed by atoms with Crippen molar-refractivity contribution in [3.8, 4) is 0 Å². The second-order valence-electron chi connectivity index (χ2n) is 3.73. The molecule has 2 fully saturated rings. The molecule has 0 aromatic rings. The number of aldehydes is 1. The lowest BCUT2D eigenvalue weighted by atomic mass is 9.93. The van der Waals surface area contributed by atoms with E-state index in [-0.39, 0.29) is 0 Å². The molecule has 0 aromatic heterocycles. The summed E-state index contributed by atoms with van der Waals surface area (Å²) >= 11 is 0. The van der Waals surface area contributed by atoms with Gasteiger partial charge < -0.3 is 4.79 Å². The van der Waals surface area contributed by atoms with Crippen LogP contribution in [-0.4, -0.2) is 6.29 Å². The summed E-state index contributed by atoms with van der Waals surface area (Å²) in [6.07, 6.45) is 7.80. The van der Waals surface area contributed by atoms with Crippen LogP contribution in [0.4, 0.5) is 0 Å². The maximum atomic E-state index is 10.5. The fourth-order valence-corrected chi connectivity index (χ4v) is 2.78. The van der Waals surface area contributed by atoms with Gasteiger partial charge in [0.1, 0.15) is 6.29 Å². The average molecular weight is 138 g/mol. The standard InChI is InChI=1S/C9H14O/c10-6-8-5-4-7-2-1-3-9(7)8/h6-9H,1-5H2/t7-,8?,9-/m1/s1. The number of hydrogen-bond donors (Lipinski definition) is 0. The molecule has 56 valence electrons. The van der Waals surface area contributed by atoms with Gasteiger partial charge in [-0.25, -0.2) is 0 Å².